The lowest BCUT2D eigenvalue weighted by Crippen LogP contribution is -2.53. The van der Waals surface area contributed by atoms with Gasteiger partial charge in [-0.15, -0.1) is 0 Å². The molecular weight excluding hydrogens is 526 g/mol. The summed E-state index contributed by atoms with van der Waals surface area (Å²) in [6, 6.07) is 22.9. The third kappa shape index (κ3) is 8.84. The minimum absolute atomic E-state index is 0.0913. The summed E-state index contributed by atoms with van der Waals surface area (Å²) in [5, 5.41) is 2.98. The van der Waals surface area contributed by atoms with Gasteiger partial charge in [0.05, 0.1) is 19.1 Å². The molecule has 0 fully saturated rings. The second-order valence-electron chi connectivity index (χ2n) is 10.3. The van der Waals surface area contributed by atoms with E-state index in [1.165, 1.54) is 4.90 Å². The molecule has 3 rings (SSSR count). The van der Waals surface area contributed by atoms with Crippen molar-refractivity contribution in [3.05, 3.63) is 95.6 Å². The Hall–Kier alpha value is -3.85. The predicted molar refractivity (Wildman–Crippen MR) is 159 cm³/mol. The molecule has 0 saturated heterocycles. The SMILES string of the molecule is COc1cccc(CN(C(=O)CN(c2cccc(C)c2)S(C)(=O)=O)C(Cc2ccccc2)C(=O)NCC(C)C)c1. The van der Waals surface area contributed by atoms with E-state index >= 15 is 0 Å². The first-order valence-electron chi connectivity index (χ1n) is 13.3. The van der Waals surface area contributed by atoms with Gasteiger partial charge in [0.25, 0.3) is 0 Å². The van der Waals surface area contributed by atoms with E-state index in [9.17, 15) is 18.0 Å². The third-order valence-corrected chi connectivity index (χ3v) is 7.55. The minimum atomic E-state index is -3.81. The lowest BCUT2D eigenvalue weighted by molar-refractivity contribution is -0.140. The van der Waals surface area contributed by atoms with Crippen molar-refractivity contribution >= 4 is 27.5 Å². The zero-order valence-electron chi connectivity index (χ0n) is 23.8. The van der Waals surface area contributed by atoms with Gasteiger partial charge >= 0.3 is 0 Å². The molecule has 40 heavy (non-hydrogen) atoms. The van der Waals surface area contributed by atoms with Crippen LogP contribution in [-0.4, -0.2) is 57.6 Å². The minimum Gasteiger partial charge on any atom is -0.497 e. The molecule has 214 valence electrons. The number of benzene rings is 3. The molecule has 1 atom stereocenters. The van der Waals surface area contributed by atoms with Gasteiger partial charge < -0.3 is 15.0 Å². The lowest BCUT2D eigenvalue weighted by atomic mass is 10.0. The van der Waals surface area contributed by atoms with Crippen LogP contribution in [0.3, 0.4) is 0 Å². The summed E-state index contributed by atoms with van der Waals surface area (Å²) in [6.07, 6.45) is 1.34. The summed E-state index contributed by atoms with van der Waals surface area (Å²) in [7, 11) is -2.25. The summed E-state index contributed by atoms with van der Waals surface area (Å²) < 4.78 is 32.2. The first-order chi connectivity index (χ1) is 19.0. The molecule has 2 amide bonds. The third-order valence-electron chi connectivity index (χ3n) is 6.41. The van der Waals surface area contributed by atoms with Crippen molar-refractivity contribution in [1.82, 2.24) is 10.2 Å². The van der Waals surface area contributed by atoms with Crippen LogP contribution in [0.2, 0.25) is 0 Å². The molecule has 1 unspecified atom stereocenters. The zero-order valence-corrected chi connectivity index (χ0v) is 24.6. The van der Waals surface area contributed by atoms with Gasteiger partial charge in [-0.1, -0.05) is 68.4 Å². The number of aryl methyl sites for hydroxylation is 1. The van der Waals surface area contributed by atoms with Gasteiger partial charge in [-0.2, -0.15) is 0 Å². The monoisotopic (exact) mass is 565 g/mol. The Kier molecular flexibility index (Phi) is 10.7. The maximum Gasteiger partial charge on any atom is 0.244 e. The van der Waals surface area contributed by atoms with Crippen LogP contribution in [0.5, 0.6) is 5.75 Å². The molecule has 0 bridgehead atoms. The number of hydrogen-bond acceptors (Lipinski definition) is 5. The Morgan fingerprint density at radius 3 is 2.23 bits per heavy atom. The highest BCUT2D eigenvalue weighted by atomic mass is 32.2. The number of hydrogen-bond donors (Lipinski definition) is 1. The van der Waals surface area contributed by atoms with Crippen molar-refractivity contribution in [1.29, 1.82) is 0 Å². The molecule has 0 aliphatic heterocycles. The molecule has 1 N–H and O–H groups in total. The number of carbonyl (C=O) groups is 2. The summed E-state index contributed by atoms with van der Waals surface area (Å²) >= 11 is 0. The Labute approximate surface area is 238 Å². The second-order valence-corrected chi connectivity index (χ2v) is 12.2. The van der Waals surface area contributed by atoms with E-state index in [1.807, 2.05) is 69.3 Å². The van der Waals surface area contributed by atoms with Crippen molar-refractivity contribution in [3.63, 3.8) is 0 Å². The van der Waals surface area contributed by atoms with Gasteiger partial charge in [-0.05, 0) is 53.8 Å². The van der Waals surface area contributed by atoms with E-state index < -0.39 is 28.5 Å². The highest BCUT2D eigenvalue weighted by Gasteiger charge is 2.33. The summed E-state index contributed by atoms with van der Waals surface area (Å²) in [5.74, 6) is 0.0443. The smallest absolute Gasteiger partial charge is 0.244 e. The van der Waals surface area contributed by atoms with E-state index in [-0.39, 0.29) is 24.8 Å². The summed E-state index contributed by atoms with van der Waals surface area (Å²) in [4.78, 5) is 29.2. The normalized spacial score (nSPS) is 12.1. The number of rotatable bonds is 13. The second kappa shape index (κ2) is 14.0. The maximum atomic E-state index is 14.1. The Morgan fingerprint density at radius 1 is 0.925 bits per heavy atom. The highest BCUT2D eigenvalue weighted by molar-refractivity contribution is 7.92. The number of anilines is 1. The van der Waals surface area contributed by atoms with Crippen LogP contribution in [-0.2, 0) is 32.6 Å². The molecule has 0 aliphatic rings. The number of nitrogens with one attached hydrogen (secondary N) is 1. The quantitative estimate of drug-likeness (QED) is 0.336. The molecule has 3 aromatic rings. The van der Waals surface area contributed by atoms with Gasteiger partial charge in [-0.25, -0.2) is 8.42 Å². The molecule has 0 saturated carbocycles. The maximum absolute atomic E-state index is 14.1. The van der Waals surface area contributed by atoms with Crippen molar-refractivity contribution in [2.75, 3.05) is 30.8 Å². The molecule has 0 aliphatic carbocycles. The fraction of sp³-hybridized carbons (Fsp3) is 0.355. The van der Waals surface area contributed by atoms with Gasteiger partial charge in [0.2, 0.25) is 21.8 Å². The average Bonchev–Trinajstić information content (AvgIpc) is 2.92. The Morgan fingerprint density at radius 2 is 1.60 bits per heavy atom. The number of amides is 2. The molecular formula is C31H39N3O5S. The summed E-state index contributed by atoms with van der Waals surface area (Å²) in [5.41, 5.74) is 2.89. The van der Waals surface area contributed by atoms with Crippen LogP contribution in [0, 0.1) is 12.8 Å². The summed E-state index contributed by atoms with van der Waals surface area (Å²) in [6.45, 7) is 5.94. The Bertz CT molecular complexity index is 1390. The molecule has 0 aromatic heterocycles. The standard InChI is InChI=1S/C31H39N3O5S/c1-23(2)20-32-31(36)29(19-25-12-7-6-8-13-25)33(21-26-14-10-16-28(18-26)39-4)30(35)22-34(40(5,37)38)27-15-9-11-24(3)17-27/h6-18,23,29H,19-22H2,1-5H3,(H,32,36). The molecule has 0 heterocycles. The Balaban J connectivity index is 2.06. The van der Waals surface area contributed by atoms with E-state index in [0.29, 0.717) is 18.0 Å². The van der Waals surface area contributed by atoms with Crippen molar-refractivity contribution in [3.8, 4) is 5.75 Å². The first kappa shape index (κ1) is 30.7. The lowest BCUT2D eigenvalue weighted by Gasteiger charge is -2.33. The molecule has 8 nitrogen and oxygen atoms in total. The van der Waals surface area contributed by atoms with Gasteiger partial charge in [-0.3, -0.25) is 13.9 Å². The topological polar surface area (TPSA) is 96.0 Å². The fourth-order valence-electron chi connectivity index (χ4n) is 4.34. The zero-order chi connectivity index (χ0) is 29.3. The molecule has 0 radical (unpaired) electrons. The van der Waals surface area contributed by atoms with Crippen LogP contribution < -0.4 is 14.4 Å². The number of nitrogens with zero attached hydrogens (tertiary/aromatic N) is 2. The fourth-order valence-corrected chi connectivity index (χ4v) is 5.18. The number of methoxy groups -OCH3 is 1. The van der Waals surface area contributed by atoms with Gasteiger partial charge in [0, 0.05) is 19.5 Å². The van der Waals surface area contributed by atoms with Gasteiger partial charge in [0.1, 0.15) is 18.3 Å². The first-order valence-corrected chi connectivity index (χ1v) is 15.1. The van der Waals surface area contributed by atoms with Crippen LogP contribution in [0.15, 0.2) is 78.9 Å². The highest BCUT2D eigenvalue weighted by Crippen LogP contribution is 2.22. The molecule has 0 spiro atoms. The average molecular weight is 566 g/mol. The van der Waals surface area contributed by atoms with Crippen molar-refractivity contribution in [2.24, 2.45) is 5.92 Å². The van der Waals surface area contributed by atoms with E-state index in [4.69, 9.17) is 4.74 Å². The molecule has 9 heteroatoms. The number of carbonyl (C=O) groups excluding carboxylic acids is 2. The van der Waals surface area contributed by atoms with E-state index in [0.717, 1.165) is 27.3 Å². The van der Waals surface area contributed by atoms with E-state index in [2.05, 4.69) is 5.32 Å². The largest absolute Gasteiger partial charge is 0.497 e. The van der Waals surface area contributed by atoms with Crippen LogP contribution >= 0.6 is 0 Å². The number of sulfonamides is 1. The van der Waals surface area contributed by atoms with E-state index in [1.54, 1.807) is 37.4 Å². The van der Waals surface area contributed by atoms with Crippen LogP contribution in [0.25, 0.3) is 0 Å². The van der Waals surface area contributed by atoms with Crippen molar-refractivity contribution in [2.45, 2.75) is 39.8 Å². The predicted octanol–water partition coefficient (Wildman–Crippen LogP) is 4.18. The van der Waals surface area contributed by atoms with Crippen LogP contribution in [0.4, 0.5) is 5.69 Å². The van der Waals surface area contributed by atoms with Crippen molar-refractivity contribution < 1.29 is 22.7 Å². The van der Waals surface area contributed by atoms with Gasteiger partial charge in [0.15, 0.2) is 0 Å². The van der Waals surface area contributed by atoms with Crippen LogP contribution in [0.1, 0.15) is 30.5 Å². The number of ether oxygens (including phenoxy) is 1. The molecule has 3 aromatic carbocycles.